The maximum atomic E-state index is 11.0. The molecular formula is C9H14N2O2S. The van der Waals surface area contributed by atoms with Crippen LogP contribution in [0.25, 0.3) is 0 Å². The van der Waals surface area contributed by atoms with Gasteiger partial charge in [0.2, 0.25) is 5.91 Å². The van der Waals surface area contributed by atoms with E-state index in [1.807, 2.05) is 11.1 Å². The van der Waals surface area contributed by atoms with E-state index in [0.29, 0.717) is 18.5 Å². The summed E-state index contributed by atoms with van der Waals surface area (Å²) in [5, 5.41) is 8.37. The van der Waals surface area contributed by atoms with E-state index in [0.717, 1.165) is 0 Å². The van der Waals surface area contributed by atoms with Gasteiger partial charge in [-0.05, 0) is 18.6 Å². The molecule has 1 amide bonds. The molecule has 78 valence electrons. The summed E-state index contributed by atoms with van der Waals surface area (Å²) in [6, 6.07) is 0. The first kappa shape index (κ1) is 11.1. The summed E-state index contributed by atoms with van der Waals surface area (Å²) in [4.78, 5) is 12.8. The van der Waals surface area contributed by atoms with Crippen LogP contribution in [0.4, 0.5) is 0 Å². The molecule has 14 heavy (non-hydrogen) atoms. The molecule has 0 fully saturated rings. The van der Waals surface area contributed by atoms with Crippen molar-refractivity contribution in [3.8, 4) is 0 Å². The van der Waals surface area contributed by atoms with Crippen molar-refractivity contribution in [2.24, 2.45) is 5.73 Å². The molecule has 1 heterocycles. The largest absolute Gasteiger partial charge is 0.396 e. The Kier molecular flexibility index (Phi) is 4.03. The number of carbonyl (C=O) groups excluding carboxylic acids is 1. The molecule has 0 aromatic rings. The lowest BCUT2D eigenvalue weighted by Gasteiger charge is -2.29. The number of nitrogens with zero attached hydrogens (tertiary/aromatic N) is 1. The van der Waals surface area contributed by atoms with Crippen LogP contribution in [0.15, 0.2) is 23.9 Å². The number of hydrogen-bond acceptors (Lipinski definition) is 4. The van der Waals surface area contributed by atoms with Gasteiger partial charge in [0.05, 0.1) is 0 Å². The zero-order chi connectivity index (χ0) is 10.6. The SMILES string of the molecule is NC(=O)C1=CC=CN(CCCO)C1S. The van der Waals surface area contributed by atoms with E-state index in [4.69, 9.17) is 10.8 Å². The van der Waals surface area contributed by atoms with Gasteiger partial charge in [0, 0.05) is 24.9 Å². The number of nitrogens with two attached hydrogens (primary N) is 1. The lowest BCUT2D eigenvalue weighted by Crippen LogP contribution is -2.35. The van der Waals surface area contributed by atoms with Gasteiger partial charge in [-0.25, -0.2) is 0 Å². The summed E-state index contributed by atoms with van der Waals surface area (Å²) < 4.78 is 0. The molecule has 1 aliphatic rings. The number of hydrogen-bond donors (Lipinski definition) is 3. The van der Waals surface area contributed by atoms with Gasteiger partial charge in [0.1, 0.15) is 5.37 Å². The molecule has 0 saturated carbocycles. The second-order valence-corrected chi connectivity index (χ2v) is 3.51. The quantitative estimate of drug-likeness (QED) is 0.571. The van der Waals surface area contributed by atoms with Crippen LogP contribution >= 0.6 is 12.6 Å². The van der Waals surface area contributed by atoms with Crippen LogP contribution in [-0.2, 0) is 4.79 Å². The smallest absolute Gasteiger partial charge is 0.247 e. The lowest BCUT2D eigenvalue weighted by atomic mass is 10.1. The predicted molar refractivity (Wildman–Crippen MR) is 57.6 cm³/mol. The summed E-state index contributed by atoms with van der Waals surface area (Å²) in [7, 11) is 0. The molecule has 4 nitrogen and oxygen atoms in total. The molecule has 1 rings (SSSR count). The van der Waals surface area contributed by atoms with Crippen molar-refractivity contribution >= 4 is 18.5 Å². The van der Waals surface area contributed by atoms with Gasteiger partial charge >= 0.3 is 0 Å². The highest BCUT2D eigenvalue weighted by atomic mass is 32.1. The van der Waals surface area contributed by atoms with E-state index in [1.54, 1.807) is 12.2 Å². The van der Waals surface area contributed by atoms with Gasteiger partial charge < -0.3 is 15.7 Å². The Hall–Kier alpha value is -0.940. The van der Waals surface area contributed by atoms with E-state index in [1.165, 1.54) is 0 Å². The molecule has 1 atom stereocenters. The predicted octanol–water partition coefficient (Wildman–Crippen LogP) is -0.134. The van der Waals surface area contributed by atoms with Gasteiger partial charge in [-0.15, -0.1) is 12.6 Å². The Morgan fingerprint density at radius 3 is 3.00 bits per heavy atom. The third-order valence-electron chi connectivity index (χ3n) is 2.00. The van der Waals surface area contributed by atoms with E-state index in [-0.39, 0.29) is 12.0 Å². The Balaban J connectivity index is 2.63. The van der Waals surface area contributed by atoms with Gasteiger partial charge in [-0.1, -0.05) is 0 Å². The van der Waals surface area contributed by atoms with Crippen molar-refractivity contribution in [1.29, 1.82) is 0 Å². The van der Waals surface area contributed by atoms with Crippen LogP contribution in [0.3, 0.4) is 0 Å². The summed E-state index contributed by atoms with van der Waals surface area (Å²) >= 11 is 4.29. The number of aliphatic hydroxyl groups is 1. The molecule has 3 N–H and O–H groups in total. The van der Waals surface area contributed by atoms with Gasteiger partial charge in [-0.2, -0.15) is 0 Å². The van der Waals surface area contributed by atoms with Crippen LogP contribution in [0, 0.1) is 0 Å². The van der Waals surface area contributed by atoms with E-state index >= 15 is 0 Å². The van der Waals surface area contributed by atoms with Crippen molar-refractivity contribution in [2.75, 3.05) is 13.2 Å². The molecule has 0 aliphatic carbocycles. The summed E-state index contributed by atoms with van der Waals surface area (Å²) in [5.41, 5.74) is 5.66. The molecule has 0 saturated heterocycles. The summed E-state index contributed by atoms with van der Waals surface area (Å²) in [6.07, 6.45) is 5.90. The van der Waals surface area contributed by atoms with Crippen molar-refractivity contribution in [3.05, 3.63) is 23.9 Å². The van der Waals surface area contributed by atoms with Gasteiger partial charge in [0.25, 0.3) is 0 Å². The maximum Gasteiger partial charge on any atom is 0.247 e. The lowest BCUT2D eigenvalue weighted by molar-refractivity contribution is -0.114. The number of rotatable bonds is 4. The first-order valence-corrected chi connectivity index (χ1v) is 4.91. The molecule has 1 unspecified atom stereocenters. The van der Waals surface area contributed by atoms with Crippen LogP contribution < -0.4 is 5.73 Å². The van der Waals surface area contributed by atoms with Crippen LogP contribution in [0.5, 0.6) is 0 Å². The monoisotopic (exact) mass is 214 g/mol. The zero-order valence-electron chi connectivity index (χ0n) is 7.76. The number of carbonyl (C=O) groups is 1. The number of amides is 1. The molecule has 0 spiro atoms. The standard InChI is InChI=1S/C9H14N2O2S/c10-8(13)7-3-1-4-11(9(7)14)5-2-6-12/h1,3-4,9,12,14H,2,5-6H2,(H2,10,13). The fourth-order valence-corrected chi connectivity index (χ4v) is 1.67. The zero-order valence-corrected chi connectivity index (χ0v) is 8.65. The first-order chi connectivity index (χ1) is 6.66. The number of aliphatic hydroxyl groups excluding tert-OH is 1. The Morgan fingerprint density at radius 1 is 1.71 bits per heavy atom. The minimum Gasteiger partial charge on any atom is -0.396 e. The third-order valence-corrected chi connectivity index (χ3v) is 2.58. The summed E-state index contributed by atoms with van der Waals surface area (Å²) in [5.74, 6) is -0.455. The molecule has 5 heteroatoms. The fourth-order valence-electron chi connectivity index (χ4n) is 1.26. The normalized spacial score (nSPS) is 20.9. The van der Waals surface area contributed by atoms with Crippen LogP contribution in [0.1, 0.15) is 6.42 Å². The highest BCUT2D eigenvalue weighted by Crippen LogP contribution is 2.19. The highest BCUT2D eigenvalue weighted by Gasteiger charge is 2.21. The van der Waals surface area contributed by atoms with Crippen molar-refractivity contribution in [2.45, 2.75) is 11.8 Å². The minimum absolute atomic E-state index is 0.125. The number of thiol groups is 1. The number of allylic oxidation sites excluding steroid dienone is 2. The Morgan fingerprint density at radius 2 is 2.43 bits per heavy atom. The molecular weight excluding hydrogens is 200 g/mol. The Bertz CT molecular complexity index is 276. The van der Waals surface area contributed by atoms with E-state index in [9.17, 15) is 4.79 Å². The molecule has 0 bridgehead atoms. The van der Waals surface area contributed by atoms with Crippen molar-refractivity contribution < 1.29 is 9.90 Å². The average molecular weight is 214 g/mol. The Labute approximate surface area is 88.5 Å². The van der Waals surface area contributed by atoms with Gasteiger partial charge in [0.15, 0.2) is 0 Å². The van der Waals surface area contributed by atoms with Gasteiger partial charge in [-0.3, -0.25) is 4.79 Å². The second kappa shape index (κ2) is 5.07. The summed E-state index contributed by atoms with van der Waals surface area (Å²) in [6.45, 7) is 0.784. The van der Waals surface area contributed by atoms with Crippen LogP contribution in [-0.4, -0.2) is 34.4 Å². The molecule has 0 radical (unpaired) electrons. The highest BCUT2D eigenvalue weighted by molar-refractivity contribution is 7.81. The topological polar surface area (TPSA) is 66.6 Å². The molecule has 0 aromatic heterocycles. The minimum atomic E-state index is -0.455. The molecule has 0 aromatic carbocycles. The average Bonchev–Trinajstić information content (AvgIpc) is 2.16. The van der Waals surface area contributed by atoms with Crippen LogP contribution in [0.2, 0.25) is 0 Å². The number of primary amides is 1. The van der Waals surface area contributed by atoms with E-state index < -0.39 is 5.91 Å². The fraction of sp³-hybridized carbons (Fsp3) is 0.444. The maximum absolute atomic E-state index is 11.0. The third kappa shape index (κ3) is 2.52. The second-order valence-electron chi connectivity index (χ2n) is 3.02. The molecule has 1 aliphatic heterocycles. The van der Waals surface area contributed by atoms with E-state index in [2.05, 4.69) is 12.6 Å². The van der Waals surface area contributed by atoms with Crippen molar-refractivity contribution in [3.63, 3.8) is 0 Å². The van der Waals surface area contributed by atoms with Crippen molar-refractivity contribution in [1.82, 2.24) is 4.90 Å². The first-order valence-electron chi connectivity index (χ1n) is 4.39.